The van der Waals surface area contributed by atoms with Gasteiger partial charge in [-0.1, -0.05) is 12.1 Å². The maximum Gasteiger partial charge on any atom is 0.118 e. The van der Waals surface area contributed by atoms with Crippen LogP contribution in [0.4, 0.5) is 0 Å². The van der Waals surface area contributed by atoms with E-state index in [0.717, 1.165) is 23.7 Å². The van der Waals surface area contributed by atoms with E-state index in [2.05, 4.69) is 43.2 Å². The predicted molar refractivity (Wildman–Crippen MR) is 84.5 cm³/mol. The second kappa shape index (κ2) is 6.37. The molecule has 1 aromatic carbocycles. The van der Waals surface area contributed by atoms with Gasteiger partial charge in [0.2, 0.25) is 0 Å². The first-order chi connectivity index (χ1) is 9.46. The van der Waals surface area contributed by atoms with Crippen molar-refractivity contribution < 1.29 is 4.74 Å². The van der Waals surface area contributed by atoms with E-state index < -0.39 is 0 Å². The Balaban J connectivity index is 1.94. The van der Waals surface area contributed by atoms with E-state index in [1.807, 2.05) is 18.3 Å². The number of hydrogen-bond acceptors (Lipinski definition) is 4. The van der Waals surface area contributed by atoms with Crippen LogP contribution in [0.3, 0.4) is 0 Å². The summed E-state index contributed by atoms with van der Waals surface area (Å²) in [5, 5.41) is 4.64. The highest BCUT2D eigenvalue weighted by atomic mass is 32.1. The van der Waals surface area contributed by atoms with Crippen LogP contribution in [0.25, 0.3) is 0 Å². The van der Waals surface area contributed by atoms with Gasteiger partial charge in [0, 0.05) is 29.6 Å². The van der Waals surface area contributed by atoms with E-state index in [1.54, 1.807) is 18.4 Å². The molecule has 0 amide bonds. The average Bonchev–Trinajstić information content (AvgIpc) is 2.84. The Bertz CT molecular complexity index is 540. The van der Waals surface area contributed by atoms with Crippen molar-refractivity contribution in [2.45, 2.75) is 39.3 Å². The summed E-state index contributed by atoms with van der Waals surface area (Å²) in [6.07, 6.45) is 2.85. The first kappa shape index (κ1) is 15.0. The average molecular weight is 290 g/mol. The minimum absolute atomic E-state index is 0.139. The van der Waals surface area contributed by atoms with E-state index in [4.69, 9.17) is 4.74 Å². The number of aromatic nitrogens is 1. The van der Waals surface area contributed by atoms with Gasteiger partial charge in [0.05, 0.1) is 12.1 Å². The lowest BCUT2D eigenvalue weighted by Gasteiger charge is -2.19. The molecule has 0 aliphatic heterocycles. The smallest absolute Gasteiger partial charge is 0.118 e. The molecule has 0 unspecified atom stereocenters. The SMILES string of the molecule is COc1ccc(Cc2ncc(CNC(C)(C)C)s2)cc1. The van der Waals surface area contributed by atoms with E-state index in [9.17, 15) is 0 Å². The Morgan fingerprint density at radius 3 is 2.50 bits per heavy atom. The second-order valence-corrected chi connectivity index (χ2v) is 7.05. The molecule has 0 saturated heterocycles. The molecule has 0 radical (unpaired) electrons. The molecule has 4 heteroatoms. The van der Waals surface area contributed by atoms with Crippen molar-refractivity contribution in [3.63, 3.8) is 0 Å². The summed E-state index contributed by atoms with van der Waals surface area (Å²) in [6, 6.07) is 8.16. The molecule has 0 fully saturated rings. The highest BCUT2D eigenvalue weighted by Crippen LogP contribution is 2.19. The Kier molecular flexibility index (Phi) is 4.78. The van der Waals surface area contributed by atoms with Gasteiger partial charge in [-0.25, -0.2) is 4.98 Å². The molecule has 1 aromatic heterocycles. The highest BCUT2D eigenvalue weighted by Gasteiger charge is 2.10. The fourth-order valence-corrected chi connectivity index (χ4v) is 2.68. The number of ether oxygens (including phenoxy) is 1. The standard InChI is InChI=1S/C16H22N2OS/c1-16(2,3)18-11-14-10-17-15(20-14)9-12-5-7-13(19-4)8-6-12/h5-8,10,18H,9,11H2,1-4H3. The number of methoxy groups -OCH3 is 1. The highest BCUT2D eigenvalue weighted by molar-refractivity contribution is 7.11. The van der Waals surface area contributed by atoms with E-state index in [0.29, 0.717) is 0 Å². The number of hydrogen-bond donors (Lipinski definition) is 1. The maximum atomic E-state index is 5.17. The summed E-state index contributed by atoms with van der Waals surface area (Å²) in [5.41, 5.74) is 1.40. The minimum Gasteiger partial charge on any atom is -0.497 e. The number of nitrogens with zero attached hydrogens (tertiary/aromatic N) is 1. The molecule has 3 nitrogen and oxygen atoms in total. The molecule has 1 heterocycles. The molecule has 0 aliphatic carbocycles. The zero-order valence-electron chi connectivity index (χ0n) is 12.6. The zero-order valence-corrected chi connectivity index (χ0v) is 13.4. The van der Waals surface area contributed by atoms with Crippen molar-refractivity contribution in [1.82, 2.24) is 10.3 Å². The van der Waals surface area contributed by atoms with Crippen LogP contribution in [0.15, 0.2) is 30.5 Å². The third-order valence-electron chi connectivity index (χ3n) is 2.91. The molecule has 108 valence electrons. The van der Waals surface area contributed by atoms with Crippen LogP contribution in [-0.4, -0.2) is 17.6 Å². The van der Waals surface area contributed by atoms with Crippen molar-refractivity contribution >= 4 is 11.3 Å². The molecule has 0 aliphatic rings. The van der Waals surface area contributed by atoms with E-state index in [1.165, 1.54) is 10.4 Å². The van der Waals surface area contributed by atoms with Crippen molar-refractivity contribution in [3.05, 3.63) is 45.9 Å². The summed E-state index contributed by atoms with van der Waals surface area (Å²) in [7, 11) is 1.68. The van der Waals surface area contributed by atoms with Crippen molar-refractivity contribution in [1.29, 1.82) is 0 Å². The molecule has 2 aromatic rings. The van der Waals surface area contributed by atoms with Gasteiger partial charge in [0.25, 0.3) is 0 Å². The van der Waals surface area contributed by atoms with Crippen LogP contribution in [0, 0.1) is 0 Å². The largest absolute Gasteiger partial charge is 0.497 e. The quantitative estimate of drug-likeness (QED) is 0.913. The van der Waals surface area contributed by atoms with Gasteiger partial charge in [0.15, 0.2) is 0 Å². The van der Waals surface area contributed by atoms with Crippen LogP contribution >= 0.6 is 11.3 Å². The van der Waals surface area contributed by atoms with Crippen LogP contribution in [0.1, 0.15) is 36.2 Å². The third-order valence-corrected chi connectivity index (χ3v) is 3.91. The van der Waals surface area contributed by atoms with Gasteiger partial charge in [-0.15, -0.1) is 11.3 Å². The predicted octanol–water partition coefficient (Wildman–Crippen LogP) is 3.63. The topological polar surface area (TPSA) is 34.1 Å². The zero-order chi connectivity index (χ0) is 14.6. The van der Waals surface area contributed by atoms with Gasteiger partial charge < -0.3 is 10.1 Å². The summed E-state index contributed by atoms with van der Waals surface area (Å²) in [6.45, 7) is 7.40. The molecule has 20 heavy (non-hydrogen) atoms. The number of nitrogens with one attached hydrogen (secondary N) is 1. The van der Waals surface area contributed by atoms with Crippen LogP contribution in [0.2, 0.25) is 0 Å². The normalized spacial score (nSPS) is 11.6. The van der Waals surface area contributed by atoms with Crippen LogP contribution < -0.4 is 10.1 Å². The molecule has 1 N–H and O–H groups in total. The molecular weight excluding hydrogens is 268 g/mol. The van der Waals surface area contributed by atoms with Crippen LogP contribution in [-0.2, 0) is 13.0 Å². The molecule has 2 rings (SSSR count). The van der Waals surface area contributed by atoms with Crippen molar-refractivity contribution in [2.24, 2.45) is 0 Å². The van der Waals surface area contributed by atoms with Gasteiger partial charge in [-0.2, -0.15) is 0 Å². The number of rotatable bonds is 5. The molecule has 0 bridgehead atoms. The third kappa shape index (κ3) is 4.62. The molecule has 0 saturated carbocycles. The van der Waals surface area contributed by atoms with Gasteiger partial charge >= 0.3 is 0 Å². The number of benzene rings is 1. The lowest BCUT2D eigenvalue weighted by atomic mass is 10.1. The Morgan fingerprint density at radius 2 is 1.90 bits per heavy atom. The first-order valence-corrected chi connectivity index (χ1v) is 7.59. The molecule has 0 atom stereocenters. The molecular formula is C16H22N2OS. The Hall–Kier alpha value is -1.39. The maximum absolute atomic E-state index is 5.17. The summed E-state index contributed by atoms with van der Waals surface area (Å²) in [5.74, 6) is 0.892. The Labute approximate surface area is 125 Å². The molecule has 0 spiro atoms. The van der Waals surface area contributed by atoms with E-state index >= 15 is 0 Å². The van der Waals surface area contributed by atoms with Crippen molar-refractivity contribution in [2.75, 3.05) is 7.11 Å². The first-order valence-electron chi connectivity index (χ1n) is 6.78. The number of thiazole rings is 1. The second-order valence-electron chi connectivity index (χ2n) is 5.85. The lowest BCUT2D eigenvalue weighted by Crippen LogP contribution is -2.34. The summed E-state index contributed by atoms with van der Waals surface area (Å²) in [4.78, 5) is 5.78. The lowest BCUT2D eigenvalue weighted by molar-refractivity contribution is 0.414. The fourth-order valence-electron chi connectivity index (χ4n) is 1.78. The van der Waals surface area contributed by atoms with Gasteiger partial charge in [0.1, 0.15) is 5.75 Å². The fraction of sp³-hybridized carbons (Fsp3) is 0.438. The van der Waals surface area contributed by atoms with Crippen LogP contribution in [0.5, 0.6) is 5.75 Å². The summed E-state index contributed by atoms with van der Waals surface area (Å²) < 4.78 is 5.17. The minimum atomic E-state index is 0.139. The van der Waals surface area contributed by atoms with Gasteiger partial charge in [-0.05, 0) is 38.5 Å². The monoisotopic (exact) mass is 290 g/mol. The Morgan fingerprint density at radius 1 is 1.20 bits per heavy atom. The van der Waals surface area contributed by atoms with Gasteiger partial charge in [-0.3, -0.25) is 0 Å². The van der Waals surface area contributed by atoms with E-state index in [-0.39, 0.29) is 5.54 Å². The van der Waals surface area contributed by atoms with Crippen molar-refractivity contribution in [3.8, 4) is 5.75 Å². The summed E-state index contributed by atoms with van der Waals surface area (Å²) >= 11 is 1.77.